The molecule has 0 aromatic carbocycles. The largest absolute Gasteiger partial charge is 0.344 e. The number of aryl methyl sites for hydroxylation is 2. The number of hydrogen-bond acceptors (Lipinski definition) is 6. The molecule has 24 heavy (non-hydrogen) atoms. The highest BCUT2D eigenvalue weighted by Crippen LogP contribution is 2.23. The summed E-state index contributed by atoms with van der Waals surface area (Å²) in [7, 11) is 3.30. The normalized spacial score (nSPS) is 10.5. The van der Waals surface area contributed by atoms with Crippen molar-refractivity contribution in [3.63, 3.8) is 0 Å². The Bertz CT molecular complexity index is 825. The fourth-order valence-electron chi connectivity index (χ4n) is 1.94. The van der Waals surface area contributed by atoms with Crippen LogP contribution in [0.3, 0.4) is 0 Å². The van der Waals surface area contributed by atoms with Crippen LogP contribution < -0.4 is 10.9 Å². The van der Waals surface area contributed by atoms with Crippen LogP contribution in [0.25, 0.3) is 0 Å². The number of nitrogens with zero attached hydrogens (tertiary/aromatic N) is 4. The summed E-state index contributed by atoms with van der Waals surface area (Å²) in [5, 5.41) is 2.94. The summed E-state index contributed by atoms with van der Waals surface area (Å²) in [6, 6.07) is 1.41. The van der Waals surface area contributed by atoms with Crippen LogP contribution in [0.1, 0.15) is 28.0 Å². The predicted octanol–water partition coefficient (Wildman–Crippen LogP) is 0.911. The van der Waals surface area contributed by atoms with Gasteiger partial charge in [-0.1, -0.05) is 18.3 Å². The molecule has 0 saturated heterocycles. The molecule has 2 amide bonds. The van der Waals surface area contributed by atoms with Crippen LogP contribution in [0.2, 0.25) is 0 Å². The molecule has 8 nitrogen and oxygen atoms in total. The molecule has 0 radical (unpaired) electrons. The lowest BCUT2D eigenvalue weighted by Crippen LogP contribution is -2.27. The fourth-order valence-corrected chi connectivity index (χ4v) is 2.94. The van der Waals surface area contributed by atoms with E-state index in [0.717, 1.165) is 11.3 Å². The molecular formula is C15H19N5O3S. The van der Waals surface area contributed by atoms with Gasteiger partial charge in [-0.05, 0) is 13.3 Å². The second-order valence-electron chi connectivity index (χ2n) is 5.38. The Morgan fingerprint density at radius 3 is 2.67 bits per heavy atom. The summed E-state index contributed by atoms with van der Waals surface area (Å²) in [5.41, 5.74) is 0.954. The number of anilines is 1. The van der Waals surface area contributed by atoms with E-state index in [1.54, 1.807) is 21.0 Å². The minimum absolute atomic E-state index is 0.161. The number of amides is 2. The molecule has 0 aliphatic rings. The zero-order chi connectivity index (χ0) is 17.9. The van der Waals surface area contributed by atoms with Crippen molar-refractivity contribution in [2.45, 2.75) is 26.8 Å². The molecule has 0 unspecified atom stereocenters. The first-order chi connectivity index (χ1) is 11.3. The third-order valence-corrected chi connectivity index (χ3v) is 4.32. The lowest BCUT2D eigenvalue weighted by Gasteiger charge is -2.07. The second-order valence-corrected chi connectivity index (χ2v) is 6.38. The number of rotatable bonds is 5. The van der Waals surface area contributed by atoms with Crippen LogP contribution in [-0.4, -0.2) is 45.3 Å². The summed E-state index contributed by atoms with van der Waals surface area (Å²) in [4.78, 5) is 46.2. The number of thiazole rings is 1. The molecule has 2 aromatic heterocycles. The molecule has 0 bridgehead atoms. The Morgan fingerprint density at radius 2 is 2.08 bits per heavy atom. The third-order valence-electron chi connectivity index (χ3n) is 3.26. The van der Waals surface area contributed by atoms with E-state index in [-0.39, 0.29) is 18.0 Å². The molecule has 0 spiro atoms. The second kappa shape index (κ2) is 7.35. The van der Waals surface area contributed by atoms with E-state index in [1.165, 1.54) is 21.9 Å². The van der Waals surface area contributed by atoms with Gasteiger partial charge in [-0.3, -0.25) is 19.0 Å². The van der Waals surface area contributed by atoms with Crippen LogP contribution in [0.15, 0.2) is 17.2 Å². The highest BCUT2D eigenvalue weighted by Gasteiger charge is 2.18. The van der Waals surface area contributed by atoms with Crippen LogP contribution in [0.4, 0.5) is 5.13 Å². The Hall–Kier alpha value is -2.55. The van der Waals surface area contributed by atoms with E-state index in [4.69, 9.17) is 0 Å². The summed E-state index contributed by atoms with van der Waals surface area (Å²) in [6.07, 6.45) is 2.01. The van der Waals surface area contributed by atoms with E-state index in [9.17, 15) is 14.4 Å². The molecule has 0 atom stereocenters. The van der Waals surface area contributed by atoms with Crippen molar-refractivity contribution >= 4 is 28.3 Å². The molecule has 0 aliphatic carbocycles. The number of hydrogen-bond donors (Lipinski definition) is 1. The van der Waals surface area contributed by atoms with Gasteiger partial charge in [0, 0.05) is 25.9 Å². The Labute approximate surface area is 143 Å². The number of nitrogens with one attached hydrogen (secondary N) is 1. The lowest BCUT2D eigenvalue weighted by molar-refractivity contribution is -0.116. The molecule has 1 N–H and O–H groups in total. The van der Waals surface area contributed by atoms with Gasteiger partial charge in [0.1, 0.15) is 11.4 Å². The SMILES string of the molecule is CCc1cc(=O)n(CC(=O)Nc2nc(C)c(C(=O)N(C)C)s2)cn1. The van der Waals surface area contributed by atoms with E-state index >= 15 is 0 Å². The monoisotopic (exact) mass is 349 g/mol. The van der Waals surface area contributed by atoms with E-state index in [0.29, 0.717) is 27.8 Å². The van der Waals surface area contributed by atoms with Gasteiger partial charge in [0.2, 0.25) is 5.91 Å². The van der Waals surface area contributed by atoms with Crippen molar-refractivity contribution in [2.24, 2.45) is 0 Å². The molecule has 9 heteroatoms. The summed E-state index contributed by atoms with van der Waals surface area (Å²) >= 11 is 1.11. The summed E-state index contributed by atoms with van der Waals surface area (Å²) in [6.45, 7) is 3.45. The highest BCUT2D eigenvalue weighted by atomic mass is 32.1. The Kier molecular flexibility index (Phi) is 5.45. The zero-order valence-corrected chi connectivity index (χ0v) is 14.8. The van der Waals surface area contributed by atoms with Crippen molar-refractivity contribution < 1.29 is 9.59 Å². The smallest absolute Gasteiger partial charge is 0.265 e. The van der Waals surface area contributed by atoms with Crippen LogP contribution in [-0.2, 0) is 17.8 Å². The molecular weight excluding hydrogens is 330 g/mol. The maximum absolute atomic E-state index is 12.1. The quantitative estimate of drug-likeness (QED) is 0.865. The van der Waals surface area contributed by atoms with Gasteiger partial charge >= 0.3 is 0 Å². The predicted molar refractivity (Wildman–Crippen MR) is 91.4 cm³/mol. The maximum Gasteiger partial charge on any atom is 0.265 e. The third kappa shape index (κ3) is 4.05. The zero-order valence-electron chi connectivity index (χ0n) is 14.0. The average Bonchev–Trinajstić information content (AvgIpc) is 2.88. The Morgan fingerprint density at radius 1 is 1.38 bits per heavy atom. The van der Waals surface area contributed by atoms with Gasteiger partial charge < -0.3 is 10.2 Å². The van der Waals surface area contributed by atoms with Crippen molar-refractivity contribution in [1.29, 1.82) is 0 Å². The van der Waals surface area contributed by atoms with E-state index < -0.39 is 5.91 Å². The number of aromatic nitrogens is 3. The lowest BCUT2D eigenvalue weighted by atomic mass is 10.3. The first-order valence-electron chi connectivity index (χ1n) is 7.36. The molecule has 0 fully saturated rings. The van der Waals surface area contributed by atoms with E-state index in [1.807, 2.05) is 6.92 Å². The van der Waals surface area contributed by atoms with Gasteiger partial charge in [0.25, 0.3) is 11.5 Å². The maximum atomic E-state index is 12.1. The highest BCUT2D eigenvalue weighted by molar-refractivity contribution is 7.17. The minimum atomic E-state index is -0.402. The summed E-state index contributed by atoms with van der Waals surface area (Å²) in [5.74, 6) is -0.568. The standard InChI is InChI=1S/C15H19N5O3S/c1-5-10-6-12(22)20(8-16-10)7-11(21)18-15-17-9(2)13(24-15)14(23)19(3)4/h6,8H,5,7H2,1-4H3,(H,17,18,21). The van der Waals surface area contributed by atoms with Gasteiger partial charge in [0.05, 0.1) is 12.0 Å². The van der Waals surface area contributed by atoms with Crippen LogP contribution >= 0.6 is 11.3 Å². The van der Waals surface area contributed by atoms with Crippen molar-refractivity contribution in [3.8, 4) is 0 Å². The average molecular weight is 349 g/mol. The first-order valence-corrected chi connectivity index (χ1v) is 8.17. The van der Waals surface area contributed by atoms with Gasteiger partial charge in [-0.25, -0.2) is 9.97 Å². The molecule has 2 heterocycles. The minimum Gasteiger partial charge on any atom is -0.344 e. The van der Waals surface area contributed by atoms with Gasteiger partial charge in [-0.2, -0.15) is 0 Å². The molecule has 2 rings (SSSR count). The van der Waals surface area contributed by atoms with Crippen molar-refractivity contribution in [3.05, 3.63) is 39.0 Å². The molecule has 128 valence electrons. The van der Waals surface area contributed by atoms with Gasteiger partial charge in [0.15, 0.2) is 5.13 Å². The van der Waals surface area contributed by atoms with E-state index in [2.05, 4.69) is 15.3 Å². The molecule has 2 aromatic rings. The molecule has 0 aliphatic heterocycles. The van der Waals surface area contributed by atoms with Gasteiger partial charge in [-0.15, -0.1) is 0 Å². The summed E-state index contributed by atoms with van der Waals surface area (Å²) < 4.78 is 1.22. The van der Waals surface area contributed by atoms with Crippen molar-refractivity contribution in [2.75, 3.05) is 19.4 Å². The van der Waals surface area contributed by atoms with Crippen LogP contribution in [0, 0.1) is 6.92 Å². The molecule has 0 saturated carbocycles. The first kappa shape index (κ1) is 17.8. The Balaban J connectivity index is 2.09. The number of carbonyl (C=O) groups is 2. The fraction of sp³-hybridized carbons (Fsp3) is 0.400. The topological polar surface area (TPSA) is 97.2 Å². The van der Waals surface area contributed by atoms with Crippen LogP contribution in [0.5, 0.6) is 0 Å². The van der Waals surface area contributed by atoms with Crippen molar-refractivity contribution in [1.82, 2.24) is 19.4 Å². The number of carbonyl (C=O) groups excluding carboxylic acids is 2.